The number of hydrogen-bond acceptors (Lipinski definition) is 4. The van der Waals surface area contributed by atoms with Gasteiger partial charge >= 0.3 is 0 Å². The van der Waals surface area contributed by atoms with Crippen molar-refractivity contribution in [3.63, 3.8) is 0 Å². The molecule has 0 atom stereocenters. The highest BCUT2D eigenvalue weighted by Gasteiger charge is 2.11. The zero-order chi connectivity index (χ0) is 14.7. The van der Waals surface area contributed by atoms with Crippen LogP contribution in [-0.2, 0) is 0 Å². The average Bonchev–Trinajstić information content (AvgIpc) is 2.36. The number of carbonyl (C=O) groups is 1. The molecule has 0 saturated heterocycles. The lowest BCUT2D eigenvalue weighted by molar-refractivity contribution is 0.102. The zero-order valence-electron chi connectivity index (χ0n) is 10.8. The van der Waals surface area contributed by atoms with Gasteiger partial charge in [0, 0.05) is 26.3 Å². The Morgan fingerprint density at radius 1 is 1.15 bits per heavy atom. The molecular formula is C13H11Br2N3O2. The maximum atomic E-state index is 12.2. The first-order valence-electron chi connectivity index (χ1n) is 5.65. The summed E-state index contributed by atoms with van der Waals surface area (Å²) in [5.74, 6) is 0.325. The largest absolute Gasteiger partial charge is 0.481 e. The summed E-state index contributed by atoms with van der Waals surface area (Å²) in [6, 6.07) is 6.97. The summed E-state index contributed by atoms with van der Waals surface area (Å²) in [5.41, 5.74) is 1.21. The lowest BCUT2D eigenvalue weighted by atomic mass is 10.2. The van der Waals surface area contributed by atoms with Gasteiger partial charge < -0.3 is 4.74 Å². The molecule has 0 bridgehead atoms. The number of nitrogens with zero attached hydrogens (tertiary/aromatic N) is 2. The summed E-state index contributed by atoms with van der Waals surface area (Å²) in [5, 5.41) is 2.65. The number of anilines is 1. The number of methoxy groups -OCH3 is 1. The summed E-state index contributed by atoms with van der Waals surface area (Å²) in [4.78, 5) is 20.4. The van der Waals surface area contributed by atoms with Crippen molar-refractivity contribution in [3.8, 4) is 5.88 Å². The summed E-state index contributed by atoms with van der Waals surface area (Å²) >= 11 is 6.68. The number of hydrogen-bond donors (Lipinski definition) is 1. The summed E-state index contributed by atoms with van der Waals surface area (Å²) in [6.45, 7) is 1.80. The van der Waals surface area contributed by atoms with Gasteiger partial charge in [-0.05, 0) is 25.1 Å². The van der Waals surface area contributed by atoms with Gasteiger partial charge in [-0.3, -0.25) is 10.1 Å². The second-order valence-corrected chi connectivity index (χ2v) is 5.82. The molecule has 1 amide bonds. The highest BCUT2D eigenvalue weighted by atomic mass is 79.9. The van der Waals surface area contributed by atoms with Gasteiger partial charge in [-0.25, -0.2) is 4.98 Å². The van der Waals surface area contributed by atoms with Gasteiger partial charge in [-0.2, -0.15) is 4.98 Å². The standard InChI is InChI=1S/C13H11Br2N3O2/c1-7-3-11(20-2)17-13(16-7)18-12(19)8-4-9(14)6-10(15)5-8/h3-6H,1-2H3,(H,16,17,18,19). The Balaban J connectivity index is 2.25. The molecule has 2 aromatic rings. The number of ether oxygens (including phenoxy) is 1. The number of nitrogens with one attached hydrogen (secondary N) is 1. The zero-order valence-corrected chi connectivity index (χ0v) is 13.9. The number of benzene rings is 1. The molecule has 0 spiro atoms. The minimum Gasteiger partial charge on any atom is -0.481 e. The monoisotopic (exact) mass is 399 g/mol. The van der Waals surface area contributed by atoms with Crippen LogP contribution in [0.3, 0.4) is 0 Å². The van der Waals surface area contributed by atoms with E-state index in [1.165, 1.54) is 7.11 Å². The molecular weight excluding hydrogens is 390 g/mol. The van der Waals surface area contributed by atoms with E-state index in [1.807, 2.05) is 6.07 Å². The van der Waals surface area contributed by atoms with Gasteiger partial charge in [0.15, 0.2) is 0 Å². The van der Waals surface area contributed by atoms with Gasteiger partial charge in [0.25, 0.3) is 5.91 Å². The second-order valence-electron chi connectivity index (χ2n) is 3.99. The number of aromatic nitrogens is 2. The van der Waals surface area contributed by atoms with E-state index in [0.717, 1.165) is 8.95 Å². The van der Waals surface area contributed by atoms with Gasteiger partial charge in [0.2, 0.25) is 11.8 Å². The molecule has 104 valence electrons. The molecule has 1 heterocycles. The Morgan fingerprint density at radius 3 is 2.40 bits per heavy atom. The number of carbonyl (C=O) groups excluding carboxylic acids is 1. The predicted octanol–water partition coefficient (Wildman–Crippen LogP) is 3.57. The first-order chi connectivity index (χ1) is 9.47. The molecule has 7 heteroatoms. The van der Waals surface area contributed by atoms with Crippen LogP contribution >= 0.6 is 31.9 Å². The Labute approximate surface area is 133 Å². The van der Waals surface area contributed by atoms with Crippen molar-refractivity contribution in [3.05, 3.63) is 44.5 Å². The molecule has 0 radical (unpaired) electrons. The van der Waals surface area contributed by atoms with Gasteiger partial charge in [-0.15, -0.1) is 0 Å². The van der Waals surface area contributed by atoms with Crippen molar-refractivity contribution in [1.29, 1.82) is 0 Å². The second kappa shape index (κ2) is 6.32. The smallest absolute Gasteiger partial charge is 0.258 e. The average molecular weight is 401 g/mol. The first kappa shape index (κ1) is 14.9. The van der Waals surface area contributed by atoms with Crippen molar-refractivity contribution in [2.75, 3.05) is 12.4 Å². The molecule has 1 aromatic carbocycles. The highest BCUT2D eigenvalue weighted by molar-refractivity contribution is 9.11. The van der Waals surface area contributed by atoms with Gasteiger partial charge in [0.1, 0.15) is 0 Å². The summed E-state index contributed by atoms with van der Waals surface area (Å²) in [7, 11) is 1.51. The number of aryl methyl sites for hydroxylation is 1. The minimum absolute atomic E-state index is 0.211. The van der Waals surface area contributed by atoms with E-state index < -0.39 is 0 Å². The van der Waals surface area contributed by atoms with Crippen molar-refractivity contribution in [1.82, 2.24) is 9.97 Å². The molecule has 0 aliphatic heterocycles. The molecule has 0 aliphatic rings. The fraction of sp³-hybridized carbons (Fsp3) is 0.154. The predicted molar refractivity (Wildman–Crippen MR) is 83.1 cm³/mol. The van der Waals surface area contributed by atoms with Crippen molar-refractivity contribution >= 4 is 43.7 Å². The van der Waals surface area contributed by atoms with E-state index in [4.69, 9.17) is 4.74 Å². The van der Waals surface area contributed by atoms with Crippen LogP contribution < -0.4 is 10.1 Å². The van der Waals surface area contributed by atoms with E-state index in [-0.39, 0.29) is 11.9 Å². The van der Waals surface area contributed by atoms with Crippen LogP contribution in [0, 0.1) is 6.92 Å². The number of amides is 1. The fourth-order valence-corrected chi connectivity index (χ4v) is 2.85. The number of halogens is 2. The Kier molecular flexibility index (Phi) is 4.72. The maximum Gasteiger partial charge on any atom is 0.258 e. The maximum absolute atomic E-state index is 12.2. The molecule has 5 nitrogen and oxygen atoms in total. The molecule has 0 aliphatic carbocycles. The molecule has 0 fully saturated rings. The lowest BCUT2D eigenvalue weighted by Crippen LogP contribution is -2.15. The number of rotatable bonds is 3. The van der Waals surface area contributed by atoms with Gasteiger partial charge in [-0.1, -0.05) is 31.9 Å². The summed E-state index contributed by atoms with van der Waals surface area (Å²) in [6.07, 6.45) is 0. The summed E-state index contributed by atoms with van der Waals surface area (Å²) < 4.78 is 6.65. The van der Waals surface area contributed by atoms with E-state index >= 15 is 0 Å². The first-order valence-corrected chi connectivity index (χ1v) is 7.23. The van der Waals surface area contributed by atoms with Crippen molar-refractivity contribution in [2.45, 2.75) is 6.92 Å². The third-order valence-corrected chi connectivity index (χ3v) is 3.31. The molecule has 0 unspecified atom stereocenters. The van der Waals surface area contributed by atoms with E-state index in [9.17, 15) is 4.79 Å². The topological polar surface area (TPSA) is 64.1 Å². The minimum atomic E-state index is -0.292. The molecule has 2 rings (SSSR count). The normalized spacial score (nSPS) is 10.2. The van der Waals surface area contributed by atoms with Crippen molar-refractivity contribution < 1.29 is 9.53 Å². The fourth-order valence-electron chi connectivity index (χ4n) is 1.56. The van der Waals surface area contributed by atoms with E-state index in [2.05, 4.69) is 47.1 Å². The van der Waals surface area contributed by atoms with E-state index in [0.29, 0.717) is 17.1 Å². The Morgan fingerprint density at radius 2 is 1.80 bits per heavy atom. The van der Waals surface area contributed by atoms with Crippen LogP contribution in [0.15, 0.2) is 33.2 Å². The SMILES string of the molecule is COc1cc(C)nc(NC(=O)c2cc(Br)cc(Br)c2)n1. The van der Waals surface area contributed by atoms with Crippen LogP contribution in [-0.4, -0.2) is 23.0 Å². The van der Waals surface area contributed by atoms with Crippen LogP contribution in [0.2, 0.25) is 0 Å². The quantitative estimate of drug-likeness (QED) is 0.855. The molecule has 20 heavy (non-hydrogen) atoms. The molecule has 1 N–H and O–H groups in total. The highest BCUT2D eigenvalue weighted by Crippen LogP contribution is 2.21. The molecule has 0 saturated carbocycles. The third kappa shape index (κ3) is 3.77. The van der Waals surface area contributed by atoms with Crippen LogP contribution in [0.4, 0.5) is 5.95 Å². The van der Waals surface area contributed by atoms with Crippen molar-refractivity contribution in [2.24, 2.45) is 0 Å². The van der Waals surface area contributed by atoms with Crippen LogP contribution in [0.1, 0.15) is 16.1 Å². The van der Waals surface area contributed by atoms with Crippen LogP contribution in [0.25, 0.3) is 0 Å². The van der Waals surface area contributed by atoms with Gasteiger partial charge in [0.05, 0.1) is 7.11 Å². The lowest BCUT2D eigenvalue weighted by Gasteiger charge is -2.07. The Hall–Kier alpha value is -1.47. The third-order valence-electron chi connectivity index (χ3n) is 2.39. The van der Waals surface area contributed by atoms with E-state index in [1.54, 1.807) is 25.1 Å². The molecule has 1 aromatic heterocycles. The van der Waals surface area contributed by atoms with Crippen LogP contribution in [0.5, 0.6) is 5.88 Å². The Bertz CT molecular complexity index is 642.